The van der Waals surface area contributed by atoms with E-state index >= 15 is 0 Å². The molecule has 0 saturated carbocycles. The second kappa shape index (κ2) is 12.3. The molecule has 0 aliphatic carbocycles. The molecule has 0 radical (unpaired) electrons. The van der Waals surface area contributed by atoms with Crippen molar-refractivity contribution in [3.05, 3.63) is 88.1 Å². The minimum absolute atomic E-state index is 0.0153. The summed E-state index contributed by atoms with van der Waals surface area (Å²) in [6.45, 7) is -0.775. The molecule has 4 rings (SSSR count). The maximum Gasteiger partial charge on any atom is 0.416 e. The number of amides is 3. The van der Waals surface area contributed by atoms with Crippen molar-refractivity contribution in [2.75, 3.05) is 26.1 Å². The molecule has 3 aromatic carbocycles. The van der Waals surface area contributed by atoms with Crippen LogP contribution in [0.4, 0.5) is 28.0 Å². The highest BCUT2D eigenvalue weighted by Gasteiger charge is 2.37. The molecular formula is C28H22F4N2O6S. The van der Waals surface area contributed by atoms with Crippen LogP contribution in [-0.2, 0) is 22.4 Å². The second-order valence-electron chi connectivity index (χ2n) is 8.52. The molecule has 1 aliphatic heterocycles. The number of ether oxygens (including phenoxy) is 3. The lowest BCUT2D eigenvalue weighted by Gasteiger charge is -2.16. The van der Waals surface area contributed by atoms with Crippen LogP contribution in [0, 0.1) is 5.82 Å². The molecular weight excluding hydrogens is 568 g/mol. The first-order valence-corrected chi connectivity index (χ1v) is 12.7. The molecule has 1 saturated heterocycles. The highest BCUT2D eigenvalue weighted by Crippen LogP contribution is 2.36. The topological polar surface area (TPSA) is 94.2 Å². The van der Waals surface area contributed by atoms with Crippen LogP contribution in [0.15, 0.2) is 65.6 Å². The van der Waals surface area contributed by atoms with Gasteiger partial charge in [-0.3, -0.25) is 19.3 Å². The van der Waals surface area contributed by atoms with Gasteiger partial charge in [0.25, 0.3) is 11.1 Å². The molecule has 13 heteroatoms. The summed E-state index contributed by atoms with van der Waals surface area (Å²) in [6.07, 6.45) is -3.24. The minimum Gasteiger partial charge on any atom is -0.495 e. The summed E-state index contributed by atoms with van der Waals surface area (Å²) in [5.41, 5.74) is -0.451. The first kappa shape index (κ1) is 29.5. The number of carbonyl (C=O) groups is 3. The smallest absolute Gasteiger partial charge is 0.416 e. The Bertz CT molecular complexity index is 1530. The summed E-state index contributed by atoms with van der Waals surface area (Å²) in [6, 6.07) is 13.4. The summed E-state index contributed by atoms with van der Waals surface area (Å²) in [5, 5.41) is 1.53. The summed E-state index contributed by atoms with van der Waals surface area (Å²) in [7, 11) is 2.62. The second-order valence-corrected chi connectivity index (χ2v) is 9.51. The average Bonchev–Trinajstić information content (AvgIpc) is 3.19. The Morgan fingerprint density at radius 3 is 2.37 bits per heavy atom. The van der Waals surface area contributed by atoms with E-state index < -0.39 is 41.2 Å². The van der Waals surface area contributed by atoms with Gasteiger partial charge in [-0.1, -0.05) is 24.3 Å². The first-order chi connectivity index (χ1) is 19.5. The Balaban J connectivity index is 1.45. The van der Waals surface area contributed by atoms with E-state index in [9.17, 15) is 31.9 Å². The van der Waals surface area contributed by atoms with Crippen molar-refractivity contribution in [2.24, 2.45) is 0 Å². The quantitative estimate of drug-likeness (QED) is 0.237. The zero-order valence-electron chi connectivity index (χ0n) is 21.6. The molecule has 1 aliphatic rings. The van der Waals surface area contributed by atoms with Crippen LogP contribution >= 0.6 is 11.8 Å². The van der Waals surface area contributed by atoms with Crippen molar-refractivity contribution >= 4 is 40.6 Å². The molecule has 0 atom stereocenters. The lowest BCUT2D eigenvalue weighted by Crippen LogP contribution is -2.36. The number of anilines is 1. The van der Waals surface area contributed by atoms with Crippen molar-refractivity contribution in [3.8, 4) is 17.2 Å². The maximum absolute atomic E-state index is 13.9. The first-order valence-electron chi connectivity index (χ1n) is 11.8. The normalized spacial score (nSPS) is 14.4. The van der Waals surface area contributed by atoms with Crippen molar-refractivity contribution in [3.63, 3.8) is 0 Å². The van der Waals surface area contributed by atoms with E-state index in [2.05, 4.69) is 5.32 Å². The lowest BCUT2D eigenvalue weighted by molar-refractivity contribution is -0.137. The lowest BCUT2D eigenvalue weighted by atomic mass is 10.1. The van der Waals surface area contributed by atoms with E-state index in [1.807, 2.05) is 0 Å². The minimum atomic E-state index is -4.66. The van der Waals surface area contributed by atoms with E-state index in [0.717, 1.165) is 12.1 Å². The number of thioether (sulfide) groups is 1. The zero-order valence-corrected chi connectivity index (χ0v) is 22.4. The van der Waals surface area contributed by atoms with E-state index in [0.29, 0.717) is 45.4 Å². The van der Waals surface area contributed by atoms with Gasteiger partial charge in [0.05, 0.1) is 30.4 Å². The van der Waals surface area contributed by atoms with Crippen LogP contribution in [0.3, 0.4) is 0 Å². The van der Waals surface area contributed by atoms with Crippen LogP contribution in [0.2, 0.25) is 0 Å². The Labute approximate surface area is 235 Å². The molecule has 0 bridgehead atoms. The summed E-state index contributed by atoms with van der Waals surface area (Å²) in [4.78, 5) is 38.7. The number of hydrogen-bond donors (Lipinski definition) is 1. The third kappa shape index (κ3) is 6.98. The number of alkyl halides is 3. The van der Waals surface area contributed by atoms with Gasteiger partial charge < -0.3 is 19.5 Å². The van der Waals surface area contributed by atoms with Gasteiger partial charge in [0.2, 0.25) is 5.91 Å². The molecule has 0 aromatic heterocycles. The van der Waals surface area contributed by atoms with Crippen LogP contribution in [0.1, 0.15) is 16.7 Å². The molecule has 3 aromatic rings. The van der Waals surface area contributed by atoms with Crippen LogP contribution in [0.25, 0.3) is 6.08 Å². The van der Waals surface area contributed by atoms with Gasteiger partial charge in [0.1, 0.15) is 24.7 Å². The maximum atomic E-state index is 13.9. The van der Waals surface area contributed by atoms with E-state index in [4.69, 9.17) is 14.2 Å². The van der Waals surface area contributed by atoms with Crippen molar-refractivity contribution < 1.29 is 46.2 Å². The summed E-state index contributed by atoms with van der Waals surface area (Å²) >= 11 is 0.597. The van der Waals surface area contributed by atoms with Crippen LogP contribution in [0.5, 0.6) is 17.2 Å². The molecule has 3 amide bonds. The number of benzene rings is 3. The number of imide groups is 1. The Morgan fingerprint density at radius 1 is 0.976 bits per heavy atom. The molecule has 214 valence electrons. The predicted octanol–water partition coefficient (Wildman–Crippen LogP) is 6.12. The highest BCUT2D eigenvalue weighted by atomic mass is 32.2. The fourth-order valence-corrected chi connectivity index (χ4v) is 4.61. The zero-order chi connectivity index (χ0) is 29.7. The average molecular weight is 591 g/mol. The van der Waals surface area contributed by atoms with Gasteiger partial charge in [-0.05, 0) is 59.8 Å². The number of hydrogen-bond acceptors (Lipinski definition) is 7. The highest BCUT2D eigenvalue weighted by molar-refractivity contribution is 8.18. The standard InChI is InChI=1S/C28H22F4N2O6S/c1-38-21-10-8-18(28(30,31)32)13-20(21)33-25(35)14-34-26(36)24(41-27(34)37)12-16-7-9-22(23(11-16)39-2)40-15-17-5-3-4-6-19(17)29/h3-13H,14-15H2,1-2H3,(H,33,35)/b24-12-. The van der Waals surface area contributed by atoms with Crippen LogP contribution in [-0.4, -0.2) is 42.7 Å². The SMILES string of the molecule is COc1ccc(C(F)(F)F)cc1NC(=O)CN1C(=O)S/C(=C\c2ccc(OCc3ccccc3F)c(OC)c2)C1=O. The fraction of sp³-hybridized carbons (Fsp3) is 0.179. The summed E-state index contributed by atoms with van der Waals surface area (Å²) < 4.78 is 69.2. The number of halogens is 4. The molecule has 41 heavy (non-hydrogen) atoms. The van der Waals surface area contributed by atoms with Gasteiger partial charge in [0.15, 0.2) is 11.5 Å². The van der Waals surface area contributed by atoms with Gasteiger partial charge in [-0.15, -0.1) is 0 Å². The Kier molecular flexibility index (Phi) is 8.86. The number of methoxy groups -OCH3 is 2. The number of carbonyl (C=O) groups excluding carboxylic acids is 3. The third-order valence-electron chi connectivity index (χ3n) is 5.80. The van der Waals surface area contributed by atoms with Crippen molar-refractivity contribution in [2.45, 2.75) is 12.8 Å². The predicted molar refractivity (Wildman–Crippen MR) is 143 cm³/mol. The Hall–Kier alpha value is -4.52. The van der Waals surface area contributed by atoms with E-state index in [1.165, 1.54) is 26.4 Å². The largest absolute Gasteiger partial charge is 0.495 e. The van der Waals surface area contributed by atoms with Gasteiger partial charge in [-0.2, -0.15) is 13.2 Å². The van der Waals surface area contributed by atoms with Crippen molar-refractivity contribution in [1.82, 2.24) is 4.90 Å². The molecule has 8 nitrogen and oxygen atoms in total. The van der Waals surface area contributed by atoms with Crippen molar-refractivity contribution in [1.29, 1.82) is 0 Å². The number of nitrogens with zero attached hydrogens (tertiary/aromatic N) is 1. The molecule has 0 spiro atoms. The molecule has 1 fully saturated rings. The molecule has 0 unspecified atom stereocenters. The van der Waals surface area contributed by atoms with Gasteiger partial charge in [-0.25, -0.2) is 4.39 Å². The molecule has 1 N–H and O–H groups in total. The molecule has 1 heterocycles. The van der Waals surface area contributed by atoms with Gasteiger partial charge in [0, 0.05) is 5.56 Å². The fourth-order valence-electron chi connectivity index (χ4n) is 3.77. The third-order valence-corrected chi connectivity index (χ3v) is 6.71. The number of nitrogens with one attached hydrogen (secondary N) is 1. The van der Waals surface area contributed by atoms with E-state index in [1.54, 1.807) is 36.4 Å². The monoisotopic (exact) mass is 590 g/mol. The summed E-state index contributed by atoms with van der Waals surface area (Å²) in [5.74, 6) is -1.49. The van der Waals surface area contributed by atoms with Crippen LogP contribution < -0.4 is 19.5 Å². The Morgan fingerprint density at radius 2 is 1.68 bits per heavy atom. The van der Waals surface area contributed by atoms with Gasteiger partial charge >= 0.3 is 6.18 Å². The number of rotatable bonds is 9. The van der Waals surface area contributed by atoms with E-state index in [-0.39, 0.29) is 22.9 Å².